The van der Waals surface area contributed by atoms with Gasteiger partial charge in [0.2, 0.25) is 0 Å². The van der Waals surface area contributed by atoms with E-state index < -0.39 is 0 Å². The number of fused-ring (bicyclic) bond motifs is 1. The predicted molar refractivity (Wildman–Crippen MR) is 74.7 cm³/mol. The molecule has 100 valence electrons. The molecule has 0 saturated carbocycles. The molecule has 3 heterocycles. The van der Waals surface area contributed by atoms with Crippen LogP contribution in [0.25, 0.3) is 5.65 Å². The van der Waals surface area contributed by atoms with Crippen molar-refractivity contribution in [2.24, 2.45) is 0 Å². The predicted octanol–water partition coefficient (Wildman–Crippen LogP) is 2.35. The lowest BCUT2D eigenvalue weighted by molar-refractivity contribution is 0.112. The minimum Gasteiger partial charge on any atom is -0.306 e. The van der Waals surface area contributed by atoms with Crippen molar-refractivity contribution in [3.05, 3.63) is 35.8 Å². The molecule has 0 aromatic carbocycles. The molecule has 1 aliphatic rings. The molecular weight excluding hydrogens is 238 g/mol. The molecule has 0 atom stereocenters. The summed E-state index contributed by atoms with van der Waals surface area (Å²) in [5.41, 5.74) is 2.58. The maximum atomic E-state index is 11.0. The van der Waals surface area contributed by atoms with Crippen LogP contribution >= 0.6 is 0 Å². The minimum absolute atomic E-state index is 0.530. The van der Waals surface area contributed by atoms with Crippen LogP contribution in [-0.2, 0) is 0 Å². The van der Waals surface area contributed by atoms with Crippen molar-refractivity contribution in [1.29, 1.82) is 0 Å². The number of aldehydes is 1. The van der Waals surface area contributed by atoms with E-state index in [9.17, 15) is 4.79 Å². The Morgan fingerprint density at radius 3 is 2.89 bits per heavy atom. The van der Waals surface area contributed by atoms with E-state index >= 15 is 0 Å². The Hall–Kier alpha value is -1.68. The van der Waals surface area contributed by atoms with Gasteiger partial charge in [0.1, 0.15) is 5.65 Å². The van der Waals surface area contributed by atoms with E-state index in [0.717, 1.165) is 50.1 Å². The number of nitrogens with zero attached hydrogens (tertiary/aromatic N) is 3. The Balaban J connectivity index is 1.88. The van der Waals surface area contributed by atoms with Crippen molar-refractivity contribution in [1.82, 2.24) is 14.3 Å². The molecule has 4 heteroatoms. The highest BCUT2D eigenvalue weighted by Gasteiger charge is 2.22. The Bertz CT molecular complexity index is 582. The SMILES string of the molecule is CCN1CCC(c2cn3cccc(C=O)c3n2)CC1. The first-order chi connectivity index (χ1) is 9.31. The van der Waals surface area contributed by atoms with Gasteiger partial charge in [-0.15, -0.1) is 0 Å². The molecule has 19 heavy (non-hydrogen) atoms. The van der Waals surface area contributed by atoms with Gasteiger partial charge >= 0.3 is 0 Å². The van der Waals surface area contributed by atoms with Gasteiger partial charge in [0.25, 0.3) is 0 Å². The number of hydrogen-bond acceptors (Lipinski definition) is 3. The van der Waals surface area contributed by atoms with E-state index in [1.165, 1.54) is 0 Å². The van der Waals surface area contributed by atoms with Gasteiger partial charge in [0.05, 0.1) is 11.3 Å². The quantitative estimate of drug-likeness (QED) is 0.792. The number of aromatic nitrogens is 2. The summed E-state index contributed by atoms with van der Waals surface area (Å²) >= 11 is 0. The molecule has 1 aliphatic heterocycles. The second-order valence-corrected chi connectivity index (χ2v) is 5.19. The van der Waals surface area contributed by atoms with Gasteiger partial charge in [-0.3, -0.25) is 4.79 Å². The third kappa shape index (κ3) is 2.28. The zero-order chi connectivity index (χ0) is 13.2. The normalized spacial score (nSPS) is 17.9. The Kier molecular flexibility index (Phi) is 3.34. The average molecular weight is 257 g/mol. The second kappa shape index (κ2) is 5.13. The van der Waals surface area contributed by atoms with Crippen LogP contribution in [0.2, 0.25) is 0 Å². The first kappa shape index (κ1) is 12.4. The molecule has 4 nitrogen and oxygen atoms in total. The van der Waals surface area contributed by atoms with Crippen molar-refractivity contribution < 1.29 is 4.79 Å². The van der Waals surface area contributed by atoms with Crippen LogP contribution in [-0.4, -0.2) is 40.2 Å². The van der Waals surface area contributed by atoms with Gasteiger partial charge in [-0.05, 0) is 44.6 Å². The smallest absolute Gasteiger partial charge is 0.153 e. The molecule has 2 aromatic rings. The maximum absolute atomic E-state index is 11.0. The van der Waals surface area contributed by atoms with Crippen LogP contribution in [0.15, 0.2) is 24.5 Å². The molecule has 3 rings (SSSR count). The lowest BCUT2D eigenvalue weighted by Crippen LogP contribution is -2.32. The van der Waals surface area contributed by atoms with E-state index in [1.807, 2.05) is 22.7 Å². The van der Waals surface area contributed by atoms with E-state index in [1.54, 1.807) is 0 Å². The number of piperidine rings is 1. The van der Waals surface area contributed by atoms with Crippen LogP contribution in [0.4, 0.5) is 0 Å². The second-order valence-electron chi connectivity index (χ2n) is 5.19. The summed E-state index contributed by atoms with van der Waals surface area (Å²) in [6.45, 7) is 5.64. The molecule has 0 aliphatic carbocycles. The third-order valence-corrected chi connectivity index (χ3v) is 4.11. The molecule has 0 N–H and O–H groups in total. The van der Waals surface area contributed by atoms with Crippen molar-refractivity contribution in [3.8, 4) is 0 Å². The number of pyridine rings is 1. The molecule has 0 spiro atoms. The summed E-state index contributed by atoms with van der Waals surface area (Å²) in [5, 5.41) is 0. The van der Waals surface area contributed by atoms with Gasteiger partial charge in [0.15, 0.2) is 6.29 Å². The van der Waals surface area contributed by atoms with Gasteiger partial charge in [0, 0.05) is 18.3 Å². The Labute approximate surface area is 113 Å². The van der Waals surface area contributed by atoms with Gasteiger partial charge < -0.3 is 9.30 Å². The lowest BCUT2D eigenvalue weighted by Gasteiger charge is -2.30. The standard InChI is InChI=1S/C15H19N3O/c1-2-17-8-5-12(6-9-17)14-10-18-7-3-4-13(11-19)15(18)16-14/h3-4,7,10-12H,2,5-6,8-9H2,1H3. The zero-order valence-electron chi connectivity index (χ0n) is 11.2. The van der Waals surface area contributed by atoms with E-state index in [-0.39, 0.29) is 0 Å². The number of carbonyl (C=O) groups excluding carboxylic acids is 1. The third-order valence-electron chi connectivity index (χ3n) is 4.11. The van der Waals surface area contributed by atoms with Crippen LogP contribution < -0.4 is 0 Å². The first-order valence-corrected chi connectivity index (χ1v) is 6.97. The zero-order valence-corrected chi connectivity index (χ0v) is 11.2. The first-order valence-electron chi connectivity index (χ1n) is 6.97. The fraction of sp³-hybridized carbons (Fsp3) is 0.467. The van der Waals surface area contributed by atoms with Crippen molar-refractivity contribution in [3.63, 3.8) is 0 Å². The van der Waals surface area contributed by atoms with E-state index in [2.05, 4.69) is 23.0 Å². The minimum atomic E-state index is 0.530. The molecule has 1 saturated heterocycles. The summed E-state index contributed by atoms with van der Waals surface area (Å²) in [6, 6.07) is 3.71. The molecule has 1 fully saturated rings. The summed E-state index contributed by atoms with van der Waals surface area (Å²) < 4.78 is 1.96. The van der Waals surface area contributed by atoms with Crippen LogP contribution in [0.1, 0.15) is 41.7 Å². The topological polar surface area (TPSA) is 37.6 Å². The van der Waals surface area contributed by atoms with Gasteiger partial charge in [-0.1, -0.05) is 6.92 Å². The highest BCUT2D eigenvalue weighted by Crippen LogP contribution is 2.27. The summed E-state index contributed by atoms with van der Waals surface area (Å²) in [5.74, 6) is 0.530. The summed E-state index contributed by atoms with van der Waals surface area (Å²) in [4.78, 5) is 18.2. The number of likely N-dealkylation sites (tertiary alicyclic amines) is 1. The van der Waals surface area contributed by atoms with Crippen LogP contribution in [0.5, 0.6) is 0 Å². The molecule has 0 bridgehead atoms. The van der Waals surface area contributed by atoms with Crippen LogP contribution in [0.3, 0.4) is 0 Å². The maximum Gasteiger partial charge on any atom is 0.153 e. The van der Waals surface area contributed by atoms with E-state index in [0.29, 0.717) is 11.5 Å². The molecule has 0 amide bonds. The number of hydrogen-bond donors (Lipinski definition) is 0. The summed E-state index contributed by atoms with van der Waals surface area (Å²) in [7, 11) is 0. The van der Waals surface area contributed by atoms with Crippen molar-refractivity contribution in [2.45, 2.75) is 25.7 Å². The monoisotopic (exact) mass is 257 g/mol. The van der Waals surface area contributed by atoms with Crippen molar-refractivity contribution in [2.75, 3.05) is 19.6 Å². The molecule has 0 radical (unpaired) electrons. The van der Waals surface area contributed by atoms with Gasteiger partial charge in [-0.25, -0.2) is 4.98 Å². The molecular formula is C15H19N3O. The number of carbonyl (C=O) groups is 1. The highest BCUT2D eigenvalue weighted by molar-refractivity contribution is 5.84. The molecule has 2 aromatic heterocycles. The number of imidazole rings is 1. The van der Waals surface area contributed by atoms with E-state index in [4.69, 9.17) is 0 Å². The average Bonchev–Trinajstić information content (AvgIpc) is 2.91. The fourth-order valence-electron chi connectivity index (χ4n) is 2.89. The number of rotatable bonds is 3. The van der Waals surface area contributed by atoms with Crippen molar-refractivity contribution >= 4 is 11.9 Å². The molecule has 0 unspecified atom stereocenters. The highest BCUT2D eigenvalue weighted by atomic mass is 16.1. The summed E-state index contributed by atoms with van der Waals surface area (Å²) in [6.07, 6.45) is 7.24. The fourth-order valence-corrected chi connectivity index (χ4v) is 2.89. The Morgan fingerprint density at radius 1 is 1.42 bits per heavy atom. The van der Waals surface area contributed by atoms with Crippen LogP contribution in [0, 0.1) is 0 Å². The lowest BCUT2D eigenvalue weighted by atomic mass is 9.94. The largest absolute Gasteiger partial charge is 0.306 e. The Morgan fingerprint density at radius 2 is 2.21 bits per heavy atom. The van der Waals surface area contributed by atoms with Gasteiger partial charge in [-0.2, -0.15) is 0 Å².